The molecule has 1 amide bonds. The second-order valence-electron chi connectivity index (χ2n) is 7.40. The van der Waals surface area contributed by atoms with Gasteiger partial charge in [-0.2, -0.15) is 4.31 Å². The van der Waals surface area contributed by atoms with E-state index >= 15 is 0 Å². The smallest absolute Gasteiger partial charge is 0.252 e. The number of halogens is 1. The van der Waals surface area contributed by atoms with Gasteiger partial charge in [0.15, 0.2) is 0 Å². The van der Waals surface area contributed by atoms with E-state index in [2.05, 4.69) is 0 Å². The molecular weight excluding hydrogens is 413 g/mol. The summed E-state index contributed by atoms with van der Waals surface area (Å²) in [6.07, 6.45) is 1.37. The molecule has 2 saturated heterocycles. The molecule has 4 rings (SSSR count). The molecule has 3 heterocycles. The minimum Gasteiger partial charge on any atom is -0.366 e. The zero-order chi connectivity index (χ0) is 20.4. The minimum absolute atomic E-state index is 0.00395. The Bertz CT molecular complexity index is 957. The third-order valence-corrected chi connectivity index (χ3v) is 8.85. The van der Waals surface area contributed by atoms with Gasteiger partial charge in [0.25, 0.3) is 10.0 Å². The highest BCUT2D eigenvalue weighted by Crippen LogP contribution is 2.28. The van der Waals surface area contributed by atoms with Crippen LogP contribution in [0, 0.1) is 11.7 Å². The van der Waals surface area contributed by atoms with Crippen molar-refractivity contribution >= 4 is 33.0 Å². The van der Waals surface area contributed by atoms with Crippen LogP contribution >= 0.6 is 11.3 Å². The van der Waals surface area contributed by atoms with Crippen LogP contribution in [-0.2, 0) is 14.8 Å². The van der Waals surface area contributed by atoms with Gasteiger partial charge in [-0.3, -0.25) is 4.79 Å². The number of carbonyl (C=O) groups excluding carboxylic acids is 1. The first-order valence-corrected chi connectivity index (χ1v) is 12.1. The number of carbonyl (C=O) groups is 1. The van der Waals surface area contributed by atoms with Gasteiger partial charge in [-0.15, -0.1) is 11.3 Å². The summed E-state index contributed by atoms with van der Waals surface area (Å²) >= 11 is 1.20. The van der Waals surface area contributed by atoms with E-state index in [1.807, 2.05) is 4.90 Å². The van der Waals surface area contributed by atoms with Crippen molar-refractivity contribution in [3.05, 3.63) is 47.6 Å². The monoisotopic (exact) mass is 437 g/mol. The number of benzene rings is 1. The van der Waals surface area contributed by atoms with Gasteiger partial charge >= 0.3 is 0 Å². The highest BCUT2D eigenvalue weighted by atomic mass is 32.2. The molecule has 1 aromatic heterocycles. The summed E-state index contributed by atoms with van der Waals surface area (Å²) in [6.45, 7) is 2.84. The fourth-order valence-corrected chi connectivity index (χ4v) is 6.70. The summed E-state index contributed by atoms with van der Waals surface area (Å²) in [5, 5.41) is 1.74. The van der Waals surface area contributed by atoms with E-state index < -0.39 is 10.0 Å². The Morgan fingerprint density at radius 1 is 1.03 bits per heavy atom. The van der Waals surface area contributed by atoms with Crippen molar-refractivity contribution in [2.24, 2.45) is 5.92 Å². The van der Waals surface area contributed by atoms with Gasteiger partial charge in [-0.05, 0) is 36.4 Å². The SMILES string of the molecule is O=C([C@@H]1CCCN(S(=O)(=O)c2cccs2)C1)N1CCN(c2ccccc2F)CC1. The minimum atomic E-state index is -3.53. The van der Waals surface area contributed by atoms with E-state index in [-0.39, 0.29) is 24.2 Å². The molecule has 9 heteroatoms. The molecule has 0 aliphatic carbocycles. The number of sulfonamides is 1. The molecule has 2 aromatic rings. The van der Waals surface area contributed by atoms with Crippen molar-refractivity contribution in [3.8, 4) is 0 Å². The van der Waals surface area contributed by atoms with E-state index in [0.29, 0.717) is 55.5 Å². The van der Waals surface area contributed by atoms with Crippen LogP contribution in [-0.4, -0.2) is 62.8 Å². The van der Waals surface area contributed by atoms with E-state index in [9.17, 15) is 17.6 Å². The zero-order valence-corrected chi connectivity index (χ0v) is 17.7. The molecule has 0 N–H and O–H groups in total. The highest BCUT2D eigenvalue weighted by molar-refractivity contribution is 7.91. The Morgan fingerprint density at radius 2 is 1.79 bits per heavy atom. The molecule has 2 aliphatic heterocycles. The topological polar surface area (TPSA) is 60.9 Å². The molecular formula is C20H24FN3O3S2. The number of rotatable bonds is 4. The standard InChI is InChI=1S/C20H24FN3O3S2/c21-17-6-1-2-7-18(17)22-10-12-23(13-11-22)20(25)16-5-3-9-24(15-16)29(26,27)19-8-4-14-28-19/h1-2,4,6-8,14,16H,3,5,9-13,15H2/t16-/m1/s1. The summed E-state index contributed by atoms with van der Waals surface area (Å²) in [5.41, 5.74) is 0.561. The maximum atomic E-state index is 14.0. The Kier molecular flexibility index (Phi) is 5.89. The van der Waals surface area contributed by atoms with Crippen molar-refractivity contribution in [2.75, 3.05) is 44.2 Å². The lowest BCUT2D eigenvalue weighted by Gasteiger charge is -2.39. The normalized spacial score (nSPS) is 21.3. The average Bonchev–Trinajstić information content (AvgIpc) is 3.30. The van der Waals surface area contributed by atoms with Gasteiger partial charge in [0.05, 0.1) is 11.6 Å². The van der Waals surface area contributed by atoms with E-state index in [1.165, 1.54) is 21.7 Å². The molecule has 6 nitrogen and oxygen atoms in total. The number of piperidine rings is 1. The molecule has 2 fully saturated rings. The van der Waals surface area contributed by atoms with Gasteiger partial charge in [-0.1, -0.05) is 18.2 Å². The van der Waals surface area contributed by atoms with Crippen molar-refractivity contribution in [1.82, 2.24) is 9.21 Å². The molecule has 2 aliphatic rings. The first-order valence-electron chi connectivity index (χ1n) is 9.79. The number of nitrogens with zero attached hydrogens (tertiary/aromatic N) is 3. The Hall–Kier alpha value is -1.97. The number of amides is 1. The van der Waals surface area contributed by atoms with Crippen molar-refractivity contribution in [3.63, 3.8) is 0 Å². The molecule has 156 valence electrons. The summed E-state index contributed by atoms with van der Waals surface area (Å²) in [4.78, 5) is 16.8. The lowest BCUT2D eigenvalue weighted by atomic mass is 9.97. The maximum Gasteiger partial charge on any atom is 0.252 e. The predicted octanol–water partition coefficient (Wildman–Crippen LogP) is 2.64. The van der Waals surface area contributed by atoms with Gasteiger partial charge in [0, 0.05) is 39.3 Å². The predicted molar refractivity (Wildman–Crippen MR) is 111 cm³/mol. The molecule has 1 atom stereocenters. The first kappa shape index (κ1) is 20.3. The molecule has 1 aromatic carbocycles. The van der Waals surface area contributed by atoms with E-state index in [1.54, 1.807) is 40.6 Å². The molecule has 0 bridgehead atoms. The Labute approximate surface area is 174 Å². The number of para-hydroxylation sites is 1. The average molecular weight is 438 g/mol. The summed E-state index contributed by atoms with van der Waals surface area (Å²) in [7, 11) is -3.53. The lowest BCUT2D eigenvalue weighted by Crippen LogP contribution is -2.53. The summed E-state index contributed by atoms with van der Waals surface area (Å²) in [6, 6.07) is 9.99. The van der Waals surface area contributed by atoms with Crippen LogP contribution in [0.25, 0.3) is 0 Å². The van der Waals surface area contributed by atoms with Crippen LogP contribution in [0.4, 0.5) is 10.1 Å². The fourth-order valence-electron chi connectivity index (χ4n) is 4.03. The maximum absolute atomic E-state index is 14.0. The summed E-state index contributed by atoms with van der Waals surface area (Å²) in [5.74, 6) is -0.572. The largest absolute Gasteiger partial charge is 0.366 e. The van der Waals surface area contributed by atoms with Crippen LogP contribution in [0.2, 0.25) is 0 Å². The van der Waals surface area contributed by atoms with Gasteiger partial charge in [-0.25, -0.2) is 12.8 Å². The quantitative estimate of drug-likeness (QED) is 0.738. The van der Waals surface area contributed by atoms with Crippen molar-refractivity contribution < 1.29 is 17.6 Å². The van der Waals surface area contributed by atoms with Crippen LogP contribution in [0.5, 0.6) is 0 Å². The first-order chi connectivity index (χ1) is 14.0. The Balaban J connectivity index is 1.38. The van der Waals surface area contributed by atoms with E-state index in [4.69, 9.17) is 0 Å². The second kappa shape index (κ2) is 8.41. The molecule has 0 spiro atoms. The lowest BCUT2D eigenvalue weighted by molar-refractivity contribution is -0.137. The number of hydrogen-bond donors (Lipinski definition) is 0. The van der Waals surface area contributed by atoms with Crippen molar-refractivity contribution in [2.45, 2.75) is 17.1 Å². The molecule has 0 unspecified atom stereocenters. The Morgan fingerprint density at radius 3 is 2.48 bits per heavy atom. The third kappa shape index (κ3) is 4.17. The summed E-state index contributed by atoms with van der Waals surface area (Å²) < 4.78 is 41.4. The molecule has 0 saturated carbocycles. The zero-order valence-electron chi connectivity index (χ0n) is 16.0. The van der Waals surface area contributed by atoms with Crippen LogP contribution in [0.1, 0.15) is 12.8 Å². The third-order valence-electron chi connectivity index (χ3n) is 5.61. The molecule has 29 heavy (non-hydrogen) atoms. The van der Waals surface area contributed by atoms with Crippen LogP contribution < -0.4 is 4.90 Å². The van der Waals surface area contributed by atoms with Crippen LogP contribution in [0.3, 0.4) is 0 Å². The van der Waals surface area contributed by atoms with Gasteiger partial charge in [0.1, 0.15) is 10.0 Å². The van der Waals surface area contributed by atoms with E-state index in [0.717, 1.165) is 0 Å². The number of anilines is 1. The number of piperazine rings is 1. The van der Waals surface area contributed by atoms with Crippen LogP contribution in [0.15, 0.2) is 46.0 Å². The highest BCUT2D eigenvalue weighted by Gasteiger charge is 2.36. The number of thiophene rings is 1. The second-order valence-corrected chi connectivity index (χ2v) is 10.5. The molecule has 0 radical (unpaired) electrons. The number of hydrogen-bond acceptors (Lipinski definition) is 5. The van der Waals surface area contributed by atoms with Crippen molar-refractivity contribution in [1.29, 1.82) is 0 Å². The van der Waals surface area contributed by atoms with Gasteiger partial charge < -0.3 is 9.80 Å². The fraction of sp³-hybridized carbons (Fsp3) is 0.450. The van der Waals surface area contributed by atoms with Gasteiger partial charge in [0.2, 0.25) is 5.91 Å².